The van der Waals surface area contributed by atoms with Crippen LogP contribution in [0.2, 0.25) is 0 Å². The highest BCUT2D eigenvalue weighted by Crippen LogP contribution is 2.20. The molecule has 0 unspecified atom stereocenters. The average Bonchev–Trinajstić information content (AvgIpc) is 2.84. The molecule has 25 heavy (non-hydrogen) atoms. The van der Waals surface area contributed by atoms with Crippen LogP contribution < -0.4 is 10.2 Å². The van der Waals surface area contributed by atoms with Gasteiger partial charge in [0.1, 0.15) is 6.54 Å². The number of esters is 1. The predicted molar refractivity (Wildman–Crippen MR) is 92.5 cm³/mol. The third kappa shape index (κ3) is 5.00. The molecule has 0 saturated heterocycles. The van der Waals surface area contributed by atoms with E-state index in [1.807, 2.05) is 0 Å². The van der Waals surface area contributed by atoms with E-state index in [1.54, 1.807) is 18.4 Å². The maximum absolute atomic E-state index is 11.9. The molecule has 8 nitrogen and oxygen atoms in total. The van der Waals surface area contributed by atoms with Crippen LogP contribution in [0.4, 0.5) is 5.69 Å². The summed E-state index contributed by atoms with van der Waals surface area (Å²) in [6.07, 6.45) is 1.03. The molecule has 0 bridgehead atoms. The second kappa shape index (κ2) is 7.62. The largest absolute Gasteiger partial charge is 0.454 e. The number of aryl methyl sites for hydroxylation is 1. The second-order valence-corrected chi connectivity index (χ2v) is 8.01. The Morgan fingerprint density at radius 1 is 1.28 bits per heavy atom. The molecule has 1 aromatic carbocycles. The van der Waals surface area contributed by atoms with E-state index in [1.165, 1.54) is 22.8 Å². The number of carbonyl (C=O) groups excluding carboxylic acids is 2. The van der Waals surface area contributed by atoms with E-state index in [-0.39, 0.29) is 22.0 Å². The van der Waals surface area contributed by atoms with E-state index in [0.29, 0.717) is 5.69 Å². The fraction of sp³-hybridized carbons (Fsp3) is 0.267. The van der Waals surface area contributed by atoms with Gasteiger partial charge in [0, 0.05) is 17.3 Å². The number of benzene rings is 1. The van der Waals surface area contributed by atoms with Gasteiger partial charge in [-0.3, -0.25) is 19.0 Å². The van der Waals surface area contributed by atoms with E-state index in [4.69, 9.17) is 4.74 Å². The Morgan fingerprint density at radius 3 is 2.56 bits per heavy atom. The number of rotatable bonds is 6. The lowest BCUT2D eigenvalue weighted by Gasteiger charge is -2.10. The zero-order valence-corrected chi connectivity index (χ0v) is 15.1. The van der Waals surface area contributed by atoms with E-state index in [9.17, 15) is 22.8 Å². The van der Waals surface area contributed by atoms with E-state index < -0.39 is 28.3 Å². The van der Waals surface area contributed by atoms with Gasteiger partial charge in [0.2, 0.25) is 0 Å². The summed E-state index contributed by atoms with van der Waals surface area (Å²) in [4.78, 5) is 34.8. The van der Waals surface area contributed by atoms with Crippen LogP contribution >= 0.6 is 11.3 Å². The minimum Gasteiger partial charge on any atom is -0.454 e. The number of thiazole rings is 1. The van der Waals surface area contributed by atoms with Crippen molar-refractivity contribution in [1.29, 1.82) is 0 Å². The minimum absolute atomic E-state index is 0.0323. The Hall–Kier alpha value is -2.46. The van der Waals surface area contributed by atoms with Gasteiger partial charge in [-0.25, -0.2) is 8.42 Å². The number of nitrogens with zero attached hydrogens (tertiary/aromatic N) is 1. The Kier molecular flexibility index (Phi) is 5.75. The number of ether oxygens (including phenoxy) is 1. The highest BCUT2D eigenvalue weighted by atomic mass is 32.2. The lowest BCUT2D eigenvalue weighted by Crippen LogP contribution is -2.26. The number of aromatic nitrogens is 1. The first kappa shape index (κ1) is 18.9. The van der Waals surface area contributed by atoms with Gasteiger partial charge in [-0.15, -0.1) is 0 Å². The number of carbonyl (C=O) groups is 2. The quantitative estimate of drug-likeness (QED) is 0.738. The number of hydrogen-bond acceptors (Lipinski definition) is 7. The summed E-state index contributed by atoms with van der Waals surface area (Å²) in [5.74, 6) is -1.42. The topological polar surface area (TPSA) is 112 Å². The van der Waals surface area contributed by atoms with Crippen LogP contribution in [0.25, 0.3) is 0 Å². The third-order valence-electron chi connectivity index (χ3n) is 3.19. The van der Waals surface area contributed by atoms with Crippen molar-refractivity contribution in [3.8, 4) is 0 Å². The van der Waals surface area contributed by atoms with Gasteiger partial charge in [0.25, 0.3) is 5.91 Å². The third-order valence-corrected chi connectivity index (χ3v) is 5.22. The van der Waals surface area contributed by atoms with E-state index in [2.05, 4.69) is 5.32 Å². The van der Waals surface area contributed by atoms with E-state index in [0.717, 1.165) is 17.6 Å². The molecule has 1 aromatic heterocycles. The maximum atomic E-state index is 11.9. The molecule has 0 aliphatic rings. The SMILES string of the molecule is Cc1csc(=O)n1CC(=O)OCC(=O)Nc1ccccc1S(C)(=O)=O. The highest BCUT2D eigenvalue weighted by molar-refractivity contribution is 7.90. The van der Waals surface area contributed by atoms with Crippen molar-refractivity contribution in [2.24, 2.45) is 0 Å². The van der Waals surface area contributed by atoms with Crippen LogP contribution in [-0.4, -0.2) is 37.7 Å². The first-order valence-corrected chi connectivity index (χ1v) is 9.85. The van der Waals surface area contributed by atoms with Crippen molar-refractivity contribution in [1.82, 2.24) is 4.57 Å². The molecule has 1 N–H and O–H groups in total. The number of sulfone groups is 1. The van der Waals surface area contributed by atoms with Gasteiger partial charge in [0.05, 0.1) is 10.6 Å². The normalized spacial score (nSPS) is 11.1. The fourth-order valence-electron chi connectivity index (χ4n) is 2.00. The molecule has 0 spiro atoms. The fourth-order valence-corrected chi connectivity index (χ4v) is 3.58. The first-order chi connectivity index (χ1) is 11.7. The van der Waals surface area contributed by atoms with Crippen LogP contribution in [0, 0.1) is 6.92 Å². The summed E-state index contributed by atoms with van der Waals surface area (Å²) >= 11 is 0.967. The van der Waals surface area contributed by atoms with Crippen molar-refractivity contribution < 1.29 is 22.7 Å². The zero-order valence-electron chi connectivity index (χ0n) is 13.5. The van der Waals surface area contributed by atoms with Crippen molar-refractivity contribution in [2.75, 3.05) is 18.2 Å². The van der Waals surface area contributed by atoms with Crippen molar-refractivity contribution in [3.63, 3.8) is 0 Å². The molecule has 0 aliphatic carbocycles. The van der Waals surface area contributed by atoms with Crippen molar-refractivity contribution >= 4 is 38.7 Å². The van der Waals surface area contributed by atoms with Gasteiger partial charge in [-0.05, 0) is 19.1 Å². The van der Waals surface area contributed by atoms with Crippen LogP contribution in [0.3, 0.4) is 0 Å². The van der Waals surface area contributed by atoms with Crippen LogP contribution in [0.1, 0.15) is 5.69 Å². The molecule has 1 amide bonds. The van der Waals surface area contributed by atoms with Crippen LogP contribution in [0.15, 0.2) is 39.3 Å². The molecule has 0 atom stereocenters. The van der Waals surface area contributed by atoms with Crippen molar-refractivity contribution in [2.45, 2.75) is 18.4 Å². The molecule has 134 valence electrons. The van der Waals surface area contributed by atoms with Gasteiger partial charge in [0.15, 0.2) is 16.4 Å². The molecule has 0 aliphatic heterocycles. The Balaban J connectivity index is 1.96. The van der Waals surface area contributed by atoms with Gasteiger partial charge >= 0.3 is 10.8 Å². The summed E-state index contributed by atoms with van der Waals surface area (Å²) in [6, 6.07) is 5.90. The monoisotopic (exact) mass is 384 g/mol. The summed E-state index contributed by atoms with van der Waals surface area (Å²) < 4.78 is 29.4. The molecular weight excluding hydrogens is 368 g/mol. The van der Waals surface area contributed by atoms with Crippen molar-refractivity contribution in [3.05, 3.63) is 45.0 Å². The number of hydrogen-bond donors (Lipinski definition) is 1. The van der Waals surface area contributed by atoms with Gasteiger partial charge < -0.3 is 10.1 Å². The Bertz CT molecular complexity index is 958. The molecule has 2 rings (SSSR count). The number of para-hydroxylation sites is 1. The van der Waals surface area contributed by atoms with Gasteiger partial charge in [-0.2, -0.15) is 0 Å². The Labute approximate surface area is 148 Å². The second-order valence-electron chi connectivity index (χ2n) is 5.21. The predicted octanol–water partition coefficient (Wildman–Crippen LogP) is 0.804. The number of nitrogens with one attached hydrogen (secondary N) is 1. The zero-order chi connectivity index (χ0) is 18.6. The lowest BCUT2D eigenvalue weighted by molar-refractivity contribution is -0.147. The number of amides is 1. The smallest absolute Gasteiger partial charge is 0.326 e. The summed E-state index contributed by atoms with van der Waals surface area (Å²) in [5, 5.41) is 4.01. The van der Waals surface area contributed by atoms with E-state index >= 15 is 0 Å². The highest BCUT2D eigenvalue weighted by Gasteiger charge is 2.16. The van der Waals surface area contributed by atoms with Crippen LogP contribution in [0.5, 0.6) is 0 Å². The molecule has 0 fully saturated rings. The average molecular weight is 384 g/mol. The molecule has 1 heterocycles. The Morgan fingerprint density at radius 2 is 1.96 bits per heavy atom. The molecule has 10 heteroatoms. The minimum atomic E-state index is -3.51. The molecular formula is C15H16N2O6S2. The summed E-state index contributed by atoms with van der Waals surface area (Å²) in [5.41, 5.74) is 0.731. The molecule has 0 radical (unpaired) electrons. The first-order valence-electron chi connectivity index (χ1n) is 7.08. The standard InChI is InChI=1S/C15H16N2O6S2/c1-10-9-24-15(20)17(10)7-14(19)23-8-13(18)16-11-5-3-4-6-12(11)25(2,21)22/h3-6,9H,7-8H2,1-2H3,(H,16,18). The maximum Gasteiger partial charge on any atom is 0.326 e. The molecule has 2 aromatic rings. The number of anilines is 1. The van der Waals surface area contributed by atoms with Crippen LogP contribution in [-0.2, 0) is 30.7 Å². The molecule has 0 saturated carbocycles. The lowest BCUT2D eigenvalue weighted by atomic mass is 10.3. The summed E-state index contributed by atoms with van der Waals surface area (Å²) in [7, 11) is -3.51. The summed E-state index contributed by atoms with van der Waals surface area (Å²) in [6.45, 7) is 0.802. The van der Waals surface area contributed by atoms with Gasteiger partial charge in [-0.1, -0.05) is 23.5 Å².